The number of aliphatic hydroxyl groups excluding tert-OH is 1. The fraction of sp³-hybridized carbons (Fsp3) is 0.467. The summed E-state index contributed by atoms with van der Waals surface area (Å²) in [5, 5.41) is 9.98. The number of aliphatic hydroxyl groups is 1. The molecule has 1 aliphatic rings. The van der Waals surface area contributed by atoms with E-state index in [4.69, 9.17) is 16.0 Å². The summed E-state index contributed by atoms with van der Waals surface area (Å²) >= 11 is 5.95. The summed E-state index contributed by atoms with van der Waals surface area (Å²) in [4.78, 5) is 17.9. The molecule has 2 heterocycles. The molecular formula is C15H17ClN2O3. The van der Waals surface area contributed by atoms with Gasteiger partial charge in [0.1, 0.15) is 11.6 Å². The van der Waals surface area contributed by atoms with Crippen molar-refractivity contribution in [2.45, 2.75) is 31.8 Å². The third kappa shape index (κ3) is 2.89. The van der Waals surface area contributed by atoms with Gasteiger partial charge < -0.3 is 14.4 Å². The van der Waals surface area contributed by atoms with Gasteiger partial charge in [0, 0.05) is 24.0 Å². The second kappa shape index (κ2) is 5.66. The van der Waals surface area contributed by atoms with E-state index < -0.39 is 6.10 Å². The normalized spacial score (nSPS) is 18.1. The minimum absolute atomic E-state index is 0.203. The van der Waals surface area contributed by atoms with Crippen molar-refractivity contribution in [3.8, 4) is 0 Å². The van der Waals surface area contributed by atoms with Crippen molar-refractivity contribution >= 4 is 28.6 Å². The first-order valence-corrected chi connectivity index (χ1v) is 7.45. The highest BCUT2D eigenvalue weighted by Crippen LogP contribution is 2.30. The van der Waals surface area contributed by atoms with Crippen molar-refractivity contribution in [1.82, 2.24) is 9.88 Å². The van der Waals surface area contributed by atoms with E-state index in [-0.39, 0.29) is 11.8 Å². The summed E-state index contributed by atoms with van der Waals surface area (Å²) in [7, 11) is 0. The number of carbonyl (C=O) groups excluding carboxylic acids is 1. The molecule has 1 aromatic carbocycles. The summed E-state index contributed by atoms with van der Waals surface area (Å²) in [6.07, 6.45) is 0.644. The van der Waals surface area contributed by atoms with Gasteiger partial charge in [-0.15, -0.1) is 0 Å². The molecule has 3 rings (SSSR count). The van der Waals surface area contributed by atoms with Gasteiger partial charge in [0.15, 0.2) is 11.5 Å². The van der Waals surface area contributed by atoms with Crippen molar-refractivity contribution in [3.63, 3.8) is 0 Å². The molecule has 1 fully saturated rings. The smallest absolute Gasteiger partial charge is 0.251 e. The zero-order chi connectivity index (χ0) is 15.0. The molecule has 2 aromatic rings. The monoisotopic (exact) mass is 308 g/mol. The number of hydrogen-bond acceptors (Lipinski definition) is 4. The average Bonchev–Trinajstić information content (AvgIpc) is 2.89. The Morgan fingerprint density at radius 1 is 1.48 bits per heavy atom. The summed E-state index contributed by atoms with van der Waals surface area (Å²) in [6, 6.07) is 5.39. The van der Waals surface area contributed by atoms with Gasteiger partial charge in [-0.25, -0.2) is 4.98 Å². The van der Waals surface area contributed by atoms with Gasteiger partial charge in [-0.1, -0.05) is 11.6 Å². The number of halogens is 1. The molecule has 0 spiro atoms. The Morgan fingerprint density at radius 2 is 2.19 bits per heavy atom. The van der Waals surface area contributed by atoms with Crippen molar-refractivity contribution in [2.75, 3.05) is 13.1 Å². The van der Waals surface area contributed by atoms with Gasteiger partial charge in [-0.3, -0.25) is 4.79 Å². The standard InChI is InChI=1S/C15H17ClN2O3/c1-9(19)15(20)18-6-4-10(5-7-18)14-17-12-8-11(16)2-3-13(12)21-14/h2-3,8-10,19H,4-7H2,1H3. The number of piperidine rings is 1. The molecule has 5 nitrogen and oxygen atoms in total. The summed E-state index contributed by atoms with van der Waals surface area (Å²) in [5.74, 6) is 0.698. The molecule has 1 saturated heterocycles. The molecule has 1 N–H and O–H groups in total. The molecule has 1 amide bonds. The van der Waals surface area contributed by atoms with Gasteiger partial charge in [-0.05, 0) is 38.0 Å². The number of benzene rings is 1. The van der Waals surface area contributed by atoms with E-state index in [0.29, 0.717) is 24.0 Å². The highest BCUT2D eigenvalue weighted by atomic mass is 35.5. The van der Waals surface area contributed by atoms with E-state index in [1.165, 1.54) is 6.92 Å². The van der Waals surface area contributed by atoms with Crippen LogP contribution in [-0.4, -0.2) is 40.1 Å². The first kappa shape index (κ1) is 14.4. The Labute approximate surface area is 127 Å². The zero-order valence-corrected chi connectivity index (χ0v) is 12.5. The topological polar surface area (TPSA) is 66.6 Å². The lowest BCUT2D eigenvalue weighted by molar-refractivity contribution is -0.140. The van der Waals surface area contributed by atoms with Crippen LogP contribution in [0.5, 0.6) is 0 Å². The maximum absolute atomic E-state index is 11.7. The van der Waals surface area contributed by atoms with Crippen LogP contribution < -0.4 is 0 Å². The van der Waals surface area contributed by atoms with E-state index in [9.17, 15) is 9.90 Å². The van der Waals surface area contributed by atoms with Gasteiger partial charge >= 0.3 is 0 Å². The fourth-order valence-electron chi connectivity index (χ4n) is 2.70. The maximum Gasteiger partial charge on any atom is 0.251 e. The lowest BCUT2D eigenvalue weighted by Crippen LogP contribution is -2.42. The van der Waals surface area contributed by atoms with E-state index in [2.05, 4.69) is 4.98 Å². The molecular weight excluding hydrogens is 292 g/mol. The van der Waals surface area contributed by atoms with E-state index in [1.807, 2.05) is 6.07 Å². The quantitative estimate of drug-likeness (QED) is 0.926. The molecule has 1 aromatic heterocycles. The van der Waals surface area contributed by atoms with Crippen LogP contribution in [0.1, 0.15) is 31.6 Å². The van der Waals surface area contributed by atoms with Crippen molar-refractivity contribution < 1.29 is 14.3 Å². The third-order valence-corrected chi connectivity index (χ3v) is 4.11. The Morgan fingerprint density at radius 3 is 2.86 bits per heavy atom. The number of carbonyl (C=O) groups is 1. The number of amides is 1. The van der Waals surface area contributed by atoms with Crippen LogP contribution in [0.15, 0.2) is 22.6 Å². The molecule has 0 radical (unpaired) electrons. The Kier molecular flexibility index (Phi) is 3.87. The number of fused-ring (bicyclic) bond motifs is 1. The maximum atomic E-state index is 11.7. The lowest BCUT2D eigenvalue weighted by atomic mass is 9.96. The first-order chi connectivity index (χ1) is 10.0. The lowest BCUT2D eigenvalue weighted by Gasteiger charge is -2.31. The van der Waals surface area contributed by atoms with Crippen molar-refractivity contribution in [3.05, 3.63) is 29.1 Å². The predicted octanol–water partition coefficient (Wildman–Crippen LogP) is 2.57. The molecule has 1 atom stereocenters. The number of hydrogen-bond donors (Lipinski definition) is 1. The van der Waals surface area contributed by atoms with Crippen LogP contribution in [-0.2, 0) is 4.79 Å². The van der Waals surface area contributed by atoms with Crippen molar-refractivity contribution in [1.29, 1.82) is 0 Å². The summed E-state index contributed by atoms with van der Waals surface area (Å²) in [6.45, 7) is 2.74. The molecule has 112 valence electrons. The average molecular weight is 309 g/mol. The minimum Gasteiger partial charge on any atom is -0.440 e. The minimum atomic E-state index is -0.937. The second-order valence-electron chi connectivity index (χ2n) is 5.44. The van der Waals surface area contributed by atoms with Gasteiger partial charge in [-0.2, -0.15) is 0 Å². The van der Waals surface area contributed by atoms with Crippen LogP contribution in [0.25, 0.3) is 11.1 Å². The highest BCUT2D eigenvalue weighted by molar-refractivity contribution is 6.31. The molecule has 6 heteroatoms. The Hall–Kier alpha value is -1.59. The number of aromatic nitrogens is 1. The van der Waals surface area contributed by atoms with Gasteiger partial charge in [0.2, 0.25) is 0 Å². The van der Waals surface area contributed by atoms with E-state index in [1.54, 1.807) is 17.0 Å². The number of rotatable bonds is 2. The fourth-order valence-corrected chi connectivity index (χ4v) is 2.87. The molecule has 1 aliphatic heterocycles. The van der Waals surface area contributed by atoms with Gasteiger partial charge in [0.25, 0.3) is 5.91 Å². The van der Waals surface area contributed by atoms with Gasteiger partial charge in [0.05, 0.1) is 0 Å². The first-order valence-electron chi connectivity index (χ1n) is 7.07. The third-order valence-electron chi connectivity index (χ3n) is 3.88. The summed E-state index contributed by atoms with van der Waals surface area (Å²) < 4.78 is 5.78. The number of likely N-dealkylation sites (tertiary alicyclic amines) is 1. The zero-order valence-electron chi connectivity index (χ0n) is 11.8. The van der Waals surface area contributed by atoms with Crippen LogP contribution in [0.4, 0.5) is 0 Å². The largest absolute Gasteiger partial charge is 0.440 e. The van der Waals surface area contributed by atoms with Crippen LogP contribution >= 0.6 is 11.6 Å². The highest BCUT2D eigenvalue weighted by Gasteiger charge is 2.28. The summed E-state index contributed by atoms with van der Waals surface area (Å²) in [5.41, 5.74) is 1.50. The van der Waals surface area contributed by atoms with Crippen LogP contribution in [0, 0.1) is 0 Å². The predicted molar refractivity (Wildman–Crippen MR) is 79.3 cm³/mol. The molecule has 0 saturated carbocycles. The molecule has 21 heavy (non-hydrogen) atoms. The Bertz CT molecular complexity index is 660. The molecule has 0 bridgehead atoms. The molecule has 0 aliphatic carbocycles. The van der Waals surface area contributed by atoms with Crippen LogP contribution in [0.3, 0.4) is 0 Å². The number of oxazole rings is 1. The number of nitrogens with zero attached hydrogens (tertiary/aromatic N) is 2. The van der Waals surface area contributed by atoms with E-state index >= 15 is 0 Å². The Balaban J connectivity index is 1.72. The second-order valence-corrected chi connectivity index (χ2v) is 5.88. The molecule has 1 unspecified atom stereocenters. The SMILES string of the molecule is CC(O)C(=O)N1CCC(c2nc3cc(Cl)ccc3o2)CC1. The van der Waals surface area contributed by atoms with Crippen LogP contribution in [0.2, 0.25) is 5.02 Å². The van der Waals surface area contributed by atoms with Crippen molar-refractivity contribution in [2.24, 2.45) is 0 Å². The van der Waals surface area contributed by atoms with E-state index in [0.717, 1.165) is 23.9 Å².